The van der Waals surface area contributed by atoms with E-state index in [0.717, 1.165) is 0 Å². The standard InChI is InChI=1S/C20H17F2NO4/c1-3-26-17-9-5-7-14(19(17)27-20(21)22)10-15(12-23)18(24)13-6-4-8-16(11-13)25-2/h4-11,20H,3H2,1-2H3/b15-10+. The van der Waals surface area contributed by atoms with Crippen LogP contribution in [0.25, 0.3) is 6.08 Å². The van der Waals surface area contributed by atoms with E-state index in [4.69, 9.17) is 9.47 Å². The topological polar surface area (TPSA) is 68.5 Å². The number of benzene rings is 2. The lowest BCUT2D eigenvalue weighted by Crippen LogP contribution is -2.07. The molecule has 2 aromatic rings. The molecule has 140 valence electrons. The minimum atomic E-state index is -3.08. The smallest absolute Gasteiger partial charge is 0.387 e. The summed E-state index contributed by atoms with van der Waals surface area (Å²) < 4.78 is 40.5. The largest absolute Gasteiger partial charge is 0.497 e. The normalized spacial score (nSPS) is 11.0. The lowest BCUT2D eigenvalue weighted by atomic mass is 10.0. The van der Waals surface area contributed by atoms with Crippen molar-refractivity contribution in [2.75, 3.05) is 13.7 Å². The van der Waals surface area contributed by atoms with Crippen molar-refractivity contribution in [1.29, 1.82) is 5.26 Å². The van der Waals surface area contributed by atoms with Crippen LogP contribution in [0.3, 0.4) is 0 Å². The monoisotopic (exact) mass is 373 g/mol. The number of nitriles is 1. The van der Waals surface area contributed by atoms with Crippen LogP contribution in [0, 0.1) is 11.3 Å². The summed E-state index contributed by atoms with van der Waals surface area (Å²) in [6, 6.07) is 12.6. The Morgan fingerprint density at radius 2 is 2.00 bits per heavy atom. The van der Waals surface area contributed by atoms with Gasteiger partial charge in [-0.15, -0.1) is 0 Å². The van der Waals surface area contributed by atoms with E-state index in [-0.39, 0.29) is 34.8 Å². The third-order valence-electron chi connectivity index (χ3n) is 3.51. The van der Waals surface area contributed by atoms with Gasteiger partial charge in [-0.1, -0.05) is 24.3 Å². The molecule has 0 aromatic heterocycles. The summed E-state index contributed by atoms with van der Waals surface area (Å²) in [7, 11) is 1.46. The number of allylic oxidation sites excluding steroid dienone is 1. The molecule has 0 unspecified atom stereocenters. The number of hydrogen-bond donors (Lipinski definition) is 0. The molecule has 0 aliphatic carbocycles. The molecule has 2 aromatic carbocycles. The van der Waals surface area contributed by atoms with Crippen molar-refractivity contribution in [3.8, 4) is 23.3 Å². The van der Waals surface area contributed by atoms with E-state index >= 15 is 0 Å². The summed E-state index contributed by atoms with van der Waals surface area (Å²) in [5.41, 5.74) is 0.129. The maximum Gasteiger partial charge on any atom is 0.387 e. The Bertz CT molecular complexity index is 888. The molecule has 0 radical (unpaired) electrons. The number of carbonyl (C=O) groups is 1. The minimum absolute atomic E-state index is 0.0951. The summed E-state index contributed by atoms with van der Waals surface area (Å²) in [6.45, 7) is -1.15. The van der Waals surface area contributed by atoms with E-state index in [1.165, 1.54) is 37.5 Å². The summed E-state index contributed by atoms with van der Waals surface area (Å²) >= 11 is 0. The Balaban J connectivity index is 2.49. The number of para-hydroxylation sites is 1. The number of ketones is 1. The molecule has 0 spiro atoms. The van der Waals surface area contributed by atoms with Crippen molar-refractivity contribution in [2.24, 2.45) is 0 Å². The second kappa shape index (κ2) is 9.34. The van der Waals surface area contributed by atoms with Gasteiger partial charge in [0.2, 0.25) is 5.78 Å². The maximum atomic E-state index is 12.8. The quantitative estimate of drug-likeness (QED) is 0.388. The Hall–Kier alpha value is -3.40. The molecular weight excluding hydrogens is 356 g/mol. The Morgan fingerprint density at radius 1 is 1.26 bits per heavy atom. The second-order valence-electron chi connectivity index (χ2n) is 5.22. The molecule has 0 bridgehead atoms. The third-order valence-corrected chi connectivity index (χ3v) is 3.51. The van der Waals surface area contributed by atoms with Crippen LogP contribution >= 0.6 is 0 Å². The summed E-state index contributed by atoms with van der Waals surface area (Å²) in [4.78, 5) is 12.6. The van der Waals surface area contributed by atoms with Gasteiger partial charge in [-0.2, -0.15) is 14.0 Å². The number of rotatable bonds is 8. The van der Waals surface area contributed by atoms with Crippen LogP contribution in [0.1, 0.15) is 22.8 Å². The fourth-order valence-electron chi connectivity index (χ4n) is 2.35. The zero-order chi connectivity index (χ0) is 19.8. The molecule has 0 atom stereocenters. The Morgan fingerprint density at radius 3 is 2.63 bits per heavy atom. The highest BCUT2D eigenvalue weighted by atomic mass is 19.3. The number of halogens is 2. The highest BCUT2D eigenvalue weighted by molar-refractivity contribution is 6.14. The first-order valence-electron chi connectivity index (χ1n) is 8.01. The van der Waals surface area contributed by atoms with Crippen molar-refractivity contribution in [1.82, 2.24) is 0 Å². The first kappa shape index (κ1) is 19.9. The van der Waals surface area contributed by atoms with E-state index in [9.17, 15) is 18.8 Å². The summed E-state index contributed by atoms with van der Waals surface area (Å²) in [5.74, 6) is -0.252. The number of hydrogen-bond acceptors (Lipinski definition) is 5. The van der Waals surface area contributed by atoms with E-state index < -0.39 is 12.4 Å². The number of nitrogens with zero attached hydrogens (tertiary/aromatic N) is 1. The van der Waals surface area contributed by atoms with Gasteiger partial charge in [0.15, 0.2) is 11.5 Å². The lowest BCUT2D eigenvalue weighted by molar-refractivity contribution is -0.0515. The minimum Gasteiger partial charge on any atom is -0.497 e. The van der Waals surface area contributed by atoms with Crippen LogP contribution in [0.5, 0.6) is 17.2 Å². The molecule has 7 heteroatoms. The van der Waals surface area contributed by atoms with Crippen molar-refractivity contribution < 1.29 is 27.8 Å². The van der Waals surface area contributed by atoms with Crippen molar-refractivity contribution in [3.63, 3.8) is 0 Å². The Kier molecular flexibility index (Phi) is 6.89. The molecule has 0 aliphatic rings. The molecule has 0 aliphatic heterocycles. The van der Waals surface area contributed by atoms with Gasteiger partial charge in [-0.25, -0.2) is 0 Å². The van der Waals surface area contributed by atoms with Gasteiger partial charge < -0.3 is 14.2 Å². The van der Waals surface area contributed by atoms with Gasteiger partial charge >= 0.3 is 6.61 Å². The molecular formula is C20H17F2NO4. The molecule has 0 amide bonds. The number of alkyl halides is 2. The zero-order valence-electron chi connectivity index (χ0n) is 14.7. The first-order chi connectivity index (χ1) is 13.0. The van der Waals surface area contributed by atoms with E-state index in [0.29, 0.717) is 5.75 Å². The zero-order valence-corrected chi connectivity index (χ0v) is 14.7. The van der Waals surface area contributed by atoms with Gasteiger partial charge in [0.1, 0.15) is 17.4 Å². The van der Waals surface area contributed by atoms with Gasteiger partial charge in [-0.3, -0.25) is 4.79 Å². The third kappa shape index (κ3) is 5.05. The fourth-order valence-corrected chi connectivity index (χ4v) is 2.35. The molecule has 0 heterocycles. The number of carbonyl (C=O) groups excluding carboxylic acids is 1. The van der Waals surface area contributed by atoms with Crippen molar-refractivity contribution >= 4 is 11.9 Å². The van der Waals surface area contributed by atoms with E-state index in [1.54, 1.807) is 31.2 Å². The van der Waals surface area contributed by atoms with Crippen LogP contribution in [0.15, 0.2) is 48.0 Å². The fraction of sp³-hybridized carbons (Fsp3) is 0.200. The van der Waals surface area contributed by atoms with Gasteiger partial charge in [0.25, 0.3) is 0 Å². The van der Waals surface area contributed by atoms with Crippen LogP contribution in [-0.2, 0) is 0 Å². The predicted octanol–water partition coefficient (Wildman–Crippen LogP) is 4.49. The van der Waals surface area contributed by atoms with Crippen LogP contribution < -0.4 is 14.2 Å². The van der Waals surface area contributed by atoms with E-state index in [2.05, 4.69) is 4.74 Å². The van der Waals surface area contributed by atoms with Crippen LogP contribution in [0.2, 0.25) is 0 Å². The average Bonchev–Trinajstić information content (AvgIpc) is 2.67. The SMILES string of the molecule is CCOc1cccc(/C=C(\C#N)C(=O)c2cccc(OC)c2)c1OC(F)F. The van der Waals surface area contributed by atoms with Gasteiger partial charge in [0, 0.05) is 11.1 Å². The Labute approximate surface area is 155 Å². The molecule has 0 saturated heterocycles. The highest BCUT2D eigenvalue weighted by Gasteiger charge is 2.18. The first-order valence-corrected chi connectivity index (χ1v) is 8.01. The van der Waals surface area contributed by atoms with Gasteiger partial charge in [0.05, 0.1) is 13.7 Å². The molecule has 0 saturated carbocycles. The average molecular weight is 373 g/mol. The highest BCUT2D eigenvalue weighted by Crippen LogP contribution is 2.34. The molecule has 5 nitrogen and oxygen atoms in total. The van der Waals surface area contributed by atoms with Crippen molar-refractivity contribution in [3.05, 3.63) is 59.2 Å². The second-order valence-corrected chi connectivity index (χ2v) is 5.22. The molecule has 2 rings (SSSR count). The van der Waals surface area contributed by atoms with Crippen LogP contribution in [0.4, 0.5) is 8.78 Å². The summed E-state index contributed by atoms with van der Waals surface area (Å²) in [5, 5.41) is 9.40. The predicted molar refractivity (Wildman–Crippen MR) is 95.2 cm³/mol. The number of methoxy groups -OCH3 is 1. The van der Waals surface area contributed by atoms with Gasteiger partial charge in [-0.05, 0) is 31.2 Å². The van der Waals surface area contributed by atoms with Crippen LogP contribution in [-0.4, -0.2) is 26.1 Å². The number of ether oxygens (including phenoxy) is 3. The maximum absolute atomic E-state index is 12.8. The molecule has 0 N–H and O–H groups in total. The lowest BCUT2D eigenvalue weighted by Gasteiger charge is -2.13. The van der Waals surface area contributed by atoms with E-state index in [1.807, 2.05) is 0 Å². The molecule has 0 fully saturated rings. The number of Topliss-reactive ketones (excluding diaryl/α,β-unsaturated/α-hetero) is 1. The molecule has 27 heavy (non-hydrogen) atoms. The van der Waals surface area contributed by atoms with Crippen molar-refractivity contribution in [2.45, 2.75) is 13.5 Å². The summed E-state index contributed by atoms with van der Waals surface area (Å²) in [6.07, 6.45) is 1.20.